The number of carbonyl (C=O) groups is 2. The molecule has 0 heterocycles. The van der Waals surface area contributed by atoms with Gasteiger partial charge >= 0.3 is 0 Å². The van der Waals surface area contributed by atoms with E-state index in [1.807, 2.05) is 6.92 Å². The van der Waals surface area contributed by atoms with Crippen LogP contribution in [0, 0.1) is 5.82 Å². The van der Waals surface area contributed by atoms with Crippen LogP contribution < -0.4 is 19.1 Å². The van der Waals surface area contributed by atoms with Gasteiger partial charge in [-0.2, -0.15) is 0 Å². The summed E-state index contributed by atoms with van der Waals surface area (Å²) in [4.78, 5) is 28.6. The van der Waals surface area contributed by atoms with Crippen LogP contribution in [0.15, 0.2) is 65.6 Å². The van der Waals surface area contributed by atoms with Crippen molar-refractivity contribution in [3.05, 3.63) is 82.1 Å². The van der Waals surface area contributed by atoms with Gasteiger partial charge in [0.25, 0.3) is 10.0 Å². The normalized spacial score (nSPS) is 11.9. The van der Waals surface area contributed by atoms with Gasteiger partial charge in [-0.3, -0.25) is 13.9 Å². The molecule has 0 saturated heterocycles. The molecule has 1 atom stereocenters. The molecule has 0 unspecified atom stereocenters. The number of nitrogens with one attached hydrogen (secondary N) is 1. The molecule has 0 spiro atoms. The van der Waals surface area contributed by atoms with E-state index in [-0.39, 0.29) is 39.3 Å². The number of carbonyl (C=O) groups excluding carboxylic acids is 2. The summed E-state index contributed by atoms with van der Waals surface area (Å²) in [6.07, 6.45) is 1.83. The summed E-state index contributed by atoms with van der Waals surface area (Å²) in [6, 6.07) is 12.6. The predicted molar refractivity (Wildman–Crippen MR) is 169 cm³/mol. The second-order valence-corrected chi connectivity index (χ2v) is 12.5. The van der Waals surface area contributed by atoms with E-state index in [9.17, 15) is 22.4 Å². The molecule has 1 N–H and O–H groups in total. The smallest absolute Gasteiger partial charge is 0.264 e. The lowest BCUT2D eigenvalue weighted by Crippen LogP contribution is -2.52. The van der Waals surface area contributed by atoms with E-state index in [1.54, 1.807) is 25.1 Å². The molecule has 9 nitrogen and oxygen atoms in total. The van der Waals surface area contributed by atoms with Crippen molar-refractivity contribution in [2.45, 2.75) is 50.6 Å². The monoisotopic (exact) mass is 667 g/mol. The summed E-state index contributed by atoms with van der Waals surface area (Å²) < 4.78 is 53.5. The zero-order valence-electron chi connectivity index (χ0n) is 25.0. The lowest BCUT2D eigenvalue weighted by Gasteiger charge is -2.33. The molecule has 44 heavy (non-hydrogen) atoms. The van der Waals surface area contributed by atoms with E-state index in [4.69, 9.17) is 32.7 Å². The van der Waals surface area contributed by atoms with Crippen LogP contribution in [0.1, 0.15) is 38.7 Å². The van der Waals surface area contributed by atoms with Gasteiger partial charge in [-0.25, -0.2) is 12.8 Å². The third kappa shape index (κ3) is 8.34. The van der Waals surface area contributed by atoms with Gasteiger partial charge in [0.1, 0.15) is 18.4 Å². The minimum Gasteiger partial charge on any atom is -0.493 e. The highest BCUT2D eigenvalue weighted by molar-refractivity contribution is 7.92. The first-order chi connectivity index (χ1) is 21.0. The van der Waals surface area contributed by atoms with Gasteiger partial charge in [-0.05, 0) is 61.4 Å². The van der Waals surface area contributed by atoms with Crippen LogP contribution in [0.4, 0.5) is 10.1 Å². The second-order valence-electron chi connectivity index (χ2n) is 9.80. The quantitative estimate of drug-likeness (QED) is 0.197. The number of nitrogens with zero attached hydrogens (tertiary/aromatic N) is 2. The maximum atomic E-state index is 14.2. The number of ether oxygens (including phenoxy) is 2. The van der Waals surface area contributed by atoms with Crippen molar-refractivity contribution >= 4 is 50.7 Å². The molecule has 238 valence electrons. The number of amides is 2. The van der Waals surface area contributed by atoms with Crippen LogP contribution in [0.5, 0.6) is 11.5 Å². The zero-order valence-corrected chi connectivity index (χ0v) is 27.3. The number of anilines is 1. The molecule has 0 aromatic heterocycles. The number of benzene rings is 3. The Morgan fingerprint density at radius 2 is 1.59 bits per heavy atom. The highest BCUT2D eigenvalue weighted by atomic mass is 35.5. The van der Waals surface area contributed by atoms with E-state index in [0.29, 0.717) is 17.9 Å². The van der Waals surface area contributed by atoms with Crippen LogP contribution in [-0.4, -0.2) is 58.5 Å². The van der Waals surface area contributed by atoms with Gasteiger partial charge in [0.2, 0.25) is 11.8 Å². The van der Waals surface area contributed by atoms with Crippen molar-refractivity contribution in [1.82, 2.24) is 10.2 Å². The van der Waals surface area contributed by atoms with E-state index < -0.39 is 40.2 Å². The van der Waals surface area contributed by atoms with Crippen LogP contribution >= 0.6 is 23.2 Å². The molecule has 0 aliphatic carbocycles. The standard InChI is InChI=1S/C31H36Cl2FN3O6S/c1-5-7-17-35-31(39)27(6-2)36(19-24-25(32)9-8-10-26(24)33)30(38)20-37(22-13-11-21(34)12-14-22)44(40,41)23-15-16-28(42-3)29(18-23)43-4/h8-16,18,27H,5-7,17,19-20H2,1-4H3,(H,35,39)/t27-/m0/s1. The Labute approximate surface area is 267 Å². The van der Waals surface area contributed by atoms with Crippen LogP contribution in [0.3, 0.4) is 0 Å². The lowest BCUT2D eigenvalue weighted by atomic mass is 10.1. The van der Waals surface area contributed by atoms with Gasteiger partial charge < -0.3 is 19.7 Å². The molecule has 13 heteroatoms. The van der Waals surface area contributed by atoms with Gasteiger partial charge in [-0.1, -0.05) is 49.5 Å². The number of rotatable bonds is 15. The van der Waals surface area contributed by atoms with Crippen molar-refractivity contribution in [3.8, 4) is 11.5 Å². The number of hydrogen-bond donors (Lipinski definition) is 1. The van der Waals surface area contributed by atoms with Gasteiger partial charge in [0.15, 0.2) is 11.5 Å². The van der Waals surface area contributed by atoms with Crippen LogP contribution in [-0.2, 0) is 26.2 Å². The number of sulfonamides is 1. The van der Waals surface area contributed by atoms with Crippen LogP contribution in [0.25, 0.3) is 0 Å². The molecule has 0 saturated carbocycles. The second kappa shape index (κ2) is 16.0. The molecule has 3 aromatic rings. The summed E-state index contributed by atoms with van der Waals surface area (Å²) in [5.41, 5.74) is 0.436. The highest BCUT2D eigenvalue weighted by Crippen LogP contribution is 2.33. The van der Waals surface area contributed by atoms with Crippen molar-refractivity contribution < 1.29 is 31.9 Å². The first-order valence-electron chi connectivity index (χ1n) is 14.0. The highest BCUT2D eigenvalue weighted by Gasteiger charge is 2.34. The predicted octanol–water partition coefficient (Wildman–Crippen LogP) is 6.07. The fraction of sp³-hybridized carbons (Fsp3) is 0.355. The molecule has 0 radical (unpaired) electrons. The summed E-state index contributed by atoms with van der Waals surface area (Å²) >= 11 is 12.9. The largest absolute Gasteiger partial charge is 0.493 e. The molecular formula is C31H36Cl2FN3O6S. The number of hydrogen-bond acceptors (Lipinski definition) is 6. The Hall–Kier alpha value is -3.54. The Bertz CT molecular complexity index is 1540. The lowest BCUT2D eigenvalue weighted by molar-refractivity contribution is -0.140. The van der Waals surface area contributed by atoms with Crippen molar-refractivity contribution in [3.63, 3.8) is 0 Å². The molecule has 2 amide bonds. The maximum absolute atomic E-state index is 14.2. The molecular weight excluding hydrogens is 632 g/mol. The molecule has 0 fully saturated rings. The number of halogens is 3. The Kier molecular flexibility index (Phi) is 12.7. The zero-order chi connectivity index (χ0) is 32.4. The number of methoxy groups -OCH3 is 2. The van der Waals surface area contributed by atoms with E-state index in [2.05, 4.69) is 5.32 Å². The first-order valence-corrected chi connectivity index (χ1v) is 16.2. The average molecular weight is 669 g/mol. The Balaban J connectivity index is 2.11. The fourth-order valence-corrected chi connectivity index (χ4v) is 6.47. The maximum Gasteiger partial charge on any atom is 0.264 e. The van der Waals surface area contributed by atoms with Gasteiger partial charge in [-0.15, -0.1) is 0 Å². The molecule has 0 aliphatic heterocycles. The van der Waals surface area contributed by atoms with Gasteiger partial charge in [0.05, 0.1) is 24.8 Å². The topological polar surface area (TPSA) is 105 Å². The summed E-state index contributed by atoms with van der Waals surface area (Å²) in [7, 11) is -1.66. The van der Waals surface area contributed by atoms with E-state index in [1.165, 1.54) is 49.5 Å². The van der Waals surface area contributed by atoms with Crippen LogP contribution in [0.2, 0.25) is 10.0 Å². The summed E-state index contributed by atoms with van der Waals surface area (Å²) in [6.45, 7) is 3.27. The molecule has 3 rings (SSSR count). The molecule has 0 aliphatic rings. The third-order valence-corrected chi connectivity index (χ3v) is 9.42. The Morgan fingerprint density at radius 3 is 2.16 bits per heavy atom. The van der Waals surface area contributed by atoms with Crippen molar-refractivity contribution in [2.24, 2.45) is 0 Å². The van der Waals surface area contributed by atoms with Gasteiger partial charge in [0, 0.05) is 34.8 Å². The molecule has 3 aromatic carbocycles. The minimum absolute atomic E-state index is 0.0331. The number of unbranched alkanes of at least 4 members (excludes halogenated alkanes) is 1. The molecule has 0 bridgehead atoms. The first kappa shape index (κ1) is 34.9. The fourth-order valence-electron chi connectivity index (χ4n) is 4.52. The summed E-state index contributed by atoms with van der Waals surface area (Å²) in [5.74, 6) is -1.23. The van der Waals surface area contributed by atoms with E-state index >= 15 is 0 Å². The summed E-state index contributed by atoms with van der Waals surface area (Å²) in [5, 5.41) is 3.42. The Morgan fingerprint density at radius 1 is 0.955 bits per heavy atom. The SMILES string of the molecule is CCCCNC(=O)[C@H](CC)N(Cc1c(Cl)cccc1Cl)C(=O)CN(c1ccc(F)cc1)S(=O)(=O)c1ccc(OC)c(OC)c1. The average Bonchev–Trinajstić information content (AvgIpc) is 3.01. The van der Waals surface area contributed by atoms with Crippen molar-refractivity contribution in [1.29, 1.82) is 0 Å². The third-order valence-electron chi connectivity index (χ3n) is 6.94. The minimum atomic E-state index is -4.44. The van der Waals surface area contributed by atoms with E-state index in [0.717, 1.165) is 29.3 Å². The van der Waals surface area contributed by atoms with Crippen molar-refractivity contribution in [2.75, 3.05) is 31.6 Å².